The quantitative estimate of drug-likeness (QED) is 0.482. The lowest BCUT2D eigenvalue weighted by Gasteiger charge is -2.39. The number of hydrogen-bond acceptors (Lipinski definition) is 4. The Balaban J connectivity index is 2.27. The fourth-order valence-corrected chi connectivity index (χ4v) is 3.89. The highest BCUT2D eigenvalue weighted by Crippen LogP contribution is 2.50. The van der Waals surface area contributed by atoms with Crippen molar-refractivity contribution in [1.29, 1.82) is 0 Å². The summed E-state index contributed by atoms with van der Waals surface area (Å²) in [6, 6.07) is 14.0. The van der Waals surface area contributed by atoms with E-state index in [0.717, 1.165) is 21.9 Å². The van der Waals surface area contributed by atoms with Crippen LogP contribution in [0.2, 0.25) is 0 Å². The standard InChI is InChI=1S/C21H22O4/c1-14-11-12-21(19(22)24-2,20(23)25-3)18(13-14)17-10-6-8-15-7-4-5-9-16(15)17/h4-11,18H,12-13H2,1-3H3. The average molecular weight is 338 g/mol. The van der Waals surface area contributed by atoms with Crippen molar-refractivity contribution in [1.82, 2.24) is 0 Å². The van der Waals surface area contributed by atoms with E-state index in [1.807, 2.05) is 55.5 Å². The fourth-order valence-electron chi connectivity index (χ4n) is 3.89. The lowest BCUT2D eigenvalue weighted by molar-refractivity contribution is -0.171. The summed E-state index contributed by atoms with van der Waals surface area (Å²) < 4.78 is 10.1. The Morgan fingerprint density at radius 3 is 2.32 bits per heavy atom. The predicted molar refractivity (Wildman–Crippen MR) is 96.1 cm³/mol. The van der Waals surface area contributed by atoms with E-state index in [2.05, 4.69) is 0 Å². The Bertz CT molecular complexity index is 829. The molecule has 0 aliphatic heterocycles. The molecular weight excluding hydrogens is 316 g/mol. The summed E-state index contributed by atoms with van der Waals surface area (Å²) in [5, 5.41) is 2.12. The van der Waals surface area contributed by atoms with Gasteiger partial charge in [-0.15, -0.1) is 0 Å². The summed E-state index contributed by atoms with van der Waals surface area (Å²) in [4.78, 5) is 25.5. The Morgan fingerprint density at radius 1 is 1.00 bits per heavy atom. The second kappa shape index (κ2) is 6.71. The summed E-state index contributed by atoms with van der Waals surface area (Å²) in [5.41, 5.74) is 0.773. The number of allylic oxidation sites excluding steroid dienone is 2. The van der Waals surface area contributed by atoms with Crippen LogP contribution in [-0.4, -0.2) is 26.2 Å². The largest absolute Gasteiger partial charge is 0.468 e. The first-order valence-corrected chi connectivity index (χ1v) is 8.34. The molecule has 2 aromatic rings. The third kappa shape index (κ3) is 2.72. The number of benzene rings is 2. The summed E-state index contributed by atoms with van der Waals surface area (Å²) >= 11 is 0. The molecule has 0 bridgehead atoms. The van der Waals surface area contributed by atoms with E-state index in [1.165, 1.54) is 14.2 Å². The lowest BCUT2D eigenvalue weighted by Crippen LogP contribution is -2.47. The van der Waals surface area contributed by atoms with Crippen LogP contribution in [0.25, 0.3) is 10.8 Å². The van der Waals surface area contributed by atoms with Crippen LogP contribution >= 0.6 is 0 Å². The van der Waals surface area contributed by atoms with Gasteiger partial charge in [0.2, 0.25) is 0 Å². The molecule has 1 unspecified atom stereocenters. The van der Waals surface area contributed by atoms with Gasteiger partial charge in [-0.3, -0.25) is 9.59 Å². The van der Waals surface area contributed by atoms with Crippen LogP contribution in [0.15, 0.2) is 54.1 Å². The van der Waals surface area contributed by atoms with Crippen LogP contribution < -0.4 is 0 Å². The average Bonchev–Trinajstić information content (AvgIpc) is 2.66. The van der Waals surface area contributed by atoms with E-state index in [-0.39, 0.29) is 12.3 Å². The number of fused-ring (bicyclic) bond motifs is 1. The molecule has 4 nitrogen and oxygen atoms in total. The van der Waals surface area contributed by atoms with Gasteiger partial charge >= 0.3 is 11.9 Å². The summed E-state index contributed by atoms with van der Waals surface area (Å²) in [5.74, 6) is -1.41. The van der Waals surface area contributed by atoms with Crippen LogP contribution in [0.5, 0.6) is 0 Å². The molecule has 0 saturated heterocycles. The second-order valence-electron chi connectivity index (χ2n) is 6.53. The van der Waals surface area contributed by atoms with Gasteiger partial charge in [0.1, 0.15) is 0 Å². The number of ether oxygens (including phenoxy) is 2. The van der Waals surface area contributed by atoms with Crippen molar-refractivity contribution in [2.75, 3.05) is 14.2 Å². The maximum atomic E-state index is 12.8. The molecule has 0 N–H and O–H groups in total. The highest BCUT2D eigenvalue weighted by Gasteiger charge is 2.55. The van der Waals surface area contributed by atoms with Crippen molar-refractivity contribution in [2.24, 2.45) is 5.41 Å². The highest BCUT2D eigenvalue weighted by atomic mass is 16.5. The van der Waals surface area contributed by atoms with Crippen molar-refractivity contribution in [3.8, 4) is 0 Å². The maximum Gasteiger partial charge on any atom is 0.324 e. The predicted octanol–water partition coefficient (Wildman–Crippen LogP) is 4.00. The van der Waals surface area contributed by atoms with Gasteiger partial charge in [-0.05, 0) is 36.1 Å². The topological polar surface area (TPSA) is 52.6 Å². The van der Waals surface area contributed by atoms with Crippen LogP contribution in [0.4, 0.5) is 0 Å². The molecule has 0 fully saturated rings. The molecule has 130 valence electrons. The molecule has 0 radical (unpaired) electrons. The number of carbonyl (C=O) groups excluding carboxylic acids is 2. The monoisotopic (exact) mass is 338 g/mol. The fraction of sp³-hybridized carbons (Fsp3) is 0.333. The number of methoxy groups -OCH3 is 2. The van der Waals surface area contributed by atoms with Gasteiger partial charge in [0, 0.05) is 5.92 Å². The number of rotatable bonds is 3. The van der Waals surface area contributed by atoms with E-state index in [1.54, 1.807) is 0 Å². The van der Waals surface area contributed by atoms with Gasteiger partial charge in [-0.25, -0.2) is 0 Å². The maximum absolute atomic E-state index is 12.8. The van der Waals surface area contributed by atoms with Gasteiger partial charge in [0.25, 0.3) is 0 Å². The van der Waals surface area contributed by atoms with Crippen LogP contribution in [-0.2, 0) is 19.1 Å². The van der Waals surface area contributed by atoms with Crippen LogP contribution in [0.1, 0.15) is 31.2 Å². The first kappa shape index (κ1) is 17.2. The number of carbonyl (C=O) groups is 2. The van der Waals surface area contributed by atoms with Crippen molar-refractivity contribution < 1.29 is 19.1 Å². The summed E-state index contributed by atoms with van der Waals surface area (Å²) in [6.07, 6.45) is 2.83. The van der Waals surface area contributed by atoms with Crippen LogP contribution in [0, 0.1) is 5.41 Å². The SMILES string of the molecule is COC(=O)C1(C(=O)OC)CC=C(C)CC1c1cccc2ccccc12. The highest BCUT2D eigenvalue weighted by molar-refractivity contribution is 6.02. The van der Waals surface area contributed by atoms with E-state index >= 15 is 0 Å². The van der Waals surface area contributed by atoms with Crippen molar-refractivity contribution >= 4 is 22.7 Å². The Morgan fingerprint density at radius 2 is 1.64 bits per heavy atom. The van der Waals surface area contributed by atoms with Gasteiger partial charge < -0.3 is 9.47 Å². The molecule has 0 amide bonds. The number of hydrogen-bond donors (Lipinski definition) is 0. The first-order valence-electron chi connectivity index (χ1n) is 8.34. The van der Waals surface area contributed by atoms with E-state index < -0.39 is 17.4 Å². The van der Waals surface area contributed by atoms with Crippen molar-refractivity contribution in [3.63, 3.8) is 0 Å². The molecule has 0 heterocycles. The molecule has 0 spiro atoms. The van der Waals surface area contributed by atoms with Gasteiger partial charge in [-0.2, -0.15) is 0 Å². The van der Waals surface area contributed by atoms with Gasteiger partial charge in [-0.1, -0.05) is 54.1 Å². The Hall–Kier alpha value is -2.62. The zero-order valence-electron chi connectivity index (χ0n) is 14.7. The zero-order valence-corrected chi connectivity index (χ0v) is 14.7. The van der Waals surface area contributed by atoms with Crippen molar-refractivity contribution in [2.45, 2.75) is 25.7 Å². The van der Waals surface area contributed by atoms with E-state index in [9.17, 15) is 9.59 Å². The third-order valence-corrected chi connectivity index (χ3v) is 5.19. The van der Waals surface area contributed by atoms with Crippen LogP contribution in [0.3, 0.4) is 0 Å². The van der Waals surface area contributed by atoms with Crippen molar-refractivity contribution in [3.05, 3.63) is 59.7 Å². The van der Waals surface area contributed by atoms with E-state index in [0.29, 0.717) is 6.42 Å². The minimum absolute atomic E-state index is 0.284. The molecule has 0 aromatic heterocycles. The first-order chi connectivity index (χ1) is 12.0. The second-order valence-corrected chi connectivity index (χ2v) is 6.53. The molecule has 4 heteroatoms. The smallest absolute Gasteiger partial charge is 0.324 e. The molecular formula is C21H22O4. The minimum atomic E-state index is -1.35. The Labute approximate surface area is 147 Å². The van der Waals surface area contributed by atoms with E-state index in [4.69, 9.17) is 9.47 Å². The number of esters is 2. The summed E-state index contributed by atoms with van der Waals surface area (Å²) in [7, 11) is 2.64. The molecule has 1 aliphatic carbocycles. The minimum Gasteiger partial charge on any atom is -0.468 e. The normalized spacial score (nSPS) is 19.2. The third-order valence-electron chi connectivity index (χ3n) is 5.19. The lowest BCUT2D eigenvalue weighted by atomic mass is 9.63. The van der Waals surface area contributed by atoms with Gasteiger partial charge in [0.05, 0.1) is 14.2 Å². The molecule has 3 rings (SSSR count). The molecule has 2 aromatic carbocycles. The summed E-state index contributed by atoms with van der Waals surface area (Å²) in [6.45, 7) is 2.02. The molecule has 0 saturated carbocycles. The Kier molecular flexibility index (Phi) is 4.62. The molecule has 25 heavy (non-hydrogen) atoms. The molecule has 1 aliphatic rings. The van der Waals surface area contributed by atoms with Gasteiger partial charge in [0.15, 0.2) is 5.41 Å². The molecule has 1 atom stereocenters. The zero-order chi connectivity index (χ0) is 18.0.